The maximum Gasteiger partial charge on any atom is 0.252 e. The van der Waals surface area contributed by atoms with Crippen LogP contribution >= 0.6 is 11.8 Å². The van der Waals surface area contributed by atoms with E-state index >= 15 is 0 Å². The fourth-order valence-electron chi connectivity index (χ4n) is 3.01. The van der Waals surface area contributed by atoms with Crippen molar-refractivity contribution in [2.24, 2.45) is 5.92 Å². The van der Waals surface area contributed by atoms with Crippen LogP contribution in [0.3, 0.4) is 0 Å². The Morgan fingerprint density at radius 3 is 2.92 bits per heavy atom. The standard InChI is InChI=1S/C20H31NO2S/c1-3-5-9-16(4-2)14-21-20(22)18-11-6-7-12-19(18)24-15-17-10-8-13-23-17/h6-7,11-12,16-17H,3-5,8-10,13-15H2,1-2H3,(H,21,22). The molecule has 134 valence electrons. The number of nitrogens with one attached hydrogen (secondary N) is 1. The zero-order chi connectivity index (χ0) is 17.2. The van der Waals surface area contributed by atoms with E-state index in [1.54, 1.807) is 11.8 Å². The highest BCUT2D eigenvalue weighted by atomic mass is 32.2. The first kappa shape index (κ1) is 19.3. The Morgan fingerprint density at radius 1 is 1.38 bits per heavy atom. The summed E-state index contributed by atoms with van der Waals surface area (Å²) in [6, 6.07) is 7.92. The average molecular weight is 350 g/mol. The van der Waals surface area contributed by atoms with Crippen LogP contribution in [0.25, 0.3) is 0 Å². The van der Waals surface area contributed by atoms with Gasteiger partial charge in [-0.3, -0.25) is 4.79 Å². The summed E-state index contributed by atoms with van der Waals surface area (Å²) in [5, 5.41) is 3.14. The number of benzene rings is 1. The minimum Gasteiger partial charge on any atom is -0.377 e. The third kappa shape index (κ3) is 6.14. The maximum atomic E-state index is 12.6. The van der Waals surface area contributed by atoms with E-state index in [1.165, 1.54) is 19.3 Å². The smallest absolute Gasteiger partial charge is 0.252 e. The second kappa shape index (κ2) is 10.8. The number of hydrogen-bond acceptors (Lipinski definition) is 3. The molecule has 1 N–H and O–H groups in total. The predicted molar refractivity (Wildman–Crippen MR) is 102 cm³/mol. The molecule has 1 aromatic rings. The summed E-state index contributed by atoms with van der Waals surface area (Å²) in [6.45, 7) is 6.08. The summed E-state index contributed by atoms with van der Waals surface area (Å²) < 4.78 is 5.68. The van der Waals surface area contributed by atoms with Gasteiger partial charge in [-0.2, -0.15) is 0 Å². The van der Waals surface area contributed by atoms with E-state index < -0.39 is 0 Å². The van der Waals surface area contributed by atoms with E-state index in [4.69, 9.17) is 4.74 Å². The van der Waals surface area contributed by atoms with Crippen molar-refractivity contribution >= 4 is 17.7 Å². The molecule has 1 aliphatic rings. The zero-order valence-corrected chi connectivity index (χ0v) is 15.9. The molecule has 4 heteroatoms. The van der Waals surface area contributed by atoms with Gasteiger partial charge in [-0.05, 0) is 37.3 Å². The minimum absolute atomic E-state index is 0.0559. The molecule has 0 aromatic heterocycles. The Labute approximate surface area is 150 Å². The van der Waals surface area contributed by atoms with Crippen LogP contribution < -0.4 is 5.32 Å². The van der Waals surface area contributed by atoms with Gasteiger partial charge in [-0.25, -0.2) is 0 Å². The van der Waals surface area contributed by atoms with Gasteiger partial charge in [0.05, 0.1) is 11.7 Å². The van der Waals surface area contributed by atoms with Gasteiger partial charge in [0.2, 0.25) is 0 Å². The number of carbonyl (C=O) groups is 1. The van der Waals surface area contributed by atoms with Crippen molar-refractivity contribution in [3.8, 4) is 0 Å². The van der Waals surface area contributed by atoms with Crippen LogP contribution in [-0.4, -0.2) is 30.9 Å². The molecule has 2 unspecified atom stereocenters. The van der Waals surface area contributed by atoms with Crippen molar-refractivity contribution < 1.29 is 9.53 Å². The Hall–Kier alpha value is -1.00. The SMILES string of the molecule is CCCCC(CC)CNC(=O)c1ccccc1SCC1CCCO1. The quantitative estimate of drug-likeness (QED) is 0.610. The van der Waals surface area contributed by atoms with E-state index in [1.807, 2.05) is 24.3 Å². The number of rotatable bonds is 10. The van der Waals surface area contributed by atoms with Crippen molar-refractivity contribution in [2.75, 3.05) is 18.9 Å². The van der Waals surface area contributed by atoms with Crippen LogP contribution in [0.5, 0.6) is 0 Å². The molecule has 0 radical (unpaired) electrons. The lowest BCUT2D eigenvalue weighted by molar-refractivity contribution is 0.0942. The molecular formula is C20H31NO2S. The molecule has 0 aliphatic carbocycles. The van der Waals surface area contributed by atoms with Crippen LogP contribution in [0.15, 0.2) is 29.2 Å². The van der Waals surface area contributed by atoms with Gasteiger partial charge in [0.15, 0.2) is 0 Å². The Morgan fingerprint density at radius 2 is 2.21 bits per heavy atom. The van der Waals surface area contributed by atoms with Crippen LogP contribution in [0, 0.1) is 5.92 Å². The number of amides is 1. The van der Waals surface area contributed by atoms with Gasteiger partial charge in [0, 0.05) is 23.8 Å². The molecule has 0 saturated carbocycles. The highest BCUT2D eigenvalue weighted by molar-refractivity contribution is 7.99. The van der Waals surface area contributed by atoms with E-state index in [0.29, 0.717) is 12.0 Å². The van der Waals surface area contributed by atoms with Gasteiger partial charge in [-0.1, -0.05) is 45.2 Å². The molecule has 2 rings (SSSR count). The average Bonchev–Trinajstić information content (AvgIpc) is 3.13. The topological polar surface area (TPSA) is 38.3 Å². The minimum atomic E-state index is 0.0559. The molecule has 1 heterocycles. The molecule has 24 heavy (non-hydrogen) atoms. The van der Waals surface area contributed by atoms with Crippen molar-refractivity contribution in [1.82, 2.24) is 5.32 Å². The summed E-state index contributed by atoms with van der Waals surface area (Å²) in [7, 11) is 0. The fourth-order valence-corrected chi connectivity index (χ4v) is 4.13. The molecular weight excluding hydrogens is 318 g/mol. The van der Waals surface area contributed by atoms with Gasteiger partial charge < -0.3 is 10.1 Å². The molecule has 1 saturated heterocycles. The third-order valence-electron chi connectivity index (χ3n) is 4.67. The molecule has 3 nitrogen and oxygen atoms in total. The molecule has 0 spiro atoms. The molecule has 1 aromatic carbocycles. The van der Waals surface area contributed by atoms with E-state index in [-0.39, 0.29) is 5.91 Å². The van der Waals surface area contributed by atoms with Crippen LogP contribution in [0.1, 0.15) is 62.7 Å². The first-order valence-electron chi connectivity index (χ1n) is 9.36. The second-order valence-corrected chi connectivity index (χ2v) is 7.63. The summed E-state index contributed by atoms with van der Waals surface area (Å²) in [5.41, 5.74) is 0.797. The monoisotopic (exact) mass is 349 g/mol. The molecule has 1 amide bonds. The van der Waals surface area contributed by atoms with E-state index in [0.717, 1.165) is 48.6 Å². The van der Waals surface area contributed by atoms with Gasteiger partial charge in [-0.15, -0.1) is 11.8 Å². The Balaban J connectivity index is 1.88. The van der Waals surface area contributed by atoms with Crippen molar-refractivity contribution in [3.63, 3.8) is 0 Å². The third-order valence-corrected chi connectivity index (χ3v) is 5.88. The Kier molecular flexibility index (Phi) is 8.68. The molecule has 2 atom stereocenters. The Bertz CT molecular complexity index is 500. The van der Waals surface area contributed by atoms with Crippen molar-refractivity contribution in [3.05, 3.63) is 29.8 Å². The van der Waals surface area contributed by atoms with Crippen molar-refractivity contribution in [1.29, 1.82) is 0 Å². The normalized spacial score (nSPS) is 18.5. The van der Waals surface area contributed by atoms with E-state index in [2.05, 4.69) is 19.2 Å². The summed E-state index contributed by atoms with van der Waals surface area (Å²) in [6.07, 6.45) is 7.40. The summed E-state index contributed by atoms with van der Waals surface area (Å²) in [4.78, 5) is 13.7. The lowest BCUT2D eigenvalue weighted by Gasteiger charge is -2.16. The molecule has 1 aliphatic heterocycles. The van der Waals surface area contributed by atoms with Crippen molar-refractivity contribution in [2.45, 2.75) is 63.4 Å². The highest BCUT2D eigenvalue weighted by Crippen LogP contribution is 2.26. The summed E-state index contributed by atoms with van der Waals surface area (Å²) in [5.74, 6) is 1.57. The number of carbonyl (C=O) groups excluding carboxylic acids is 1. The van der Waals surface area contributed by atoms with Crippen LogP contribution in [0.4, 0.5) is 0 Å². The number of hydrogen-bond donors (Lipinski definition) is 1. The van der Waals surface area contributed by atoms with E-state index in [9.17, 15) is 4.79 Å². The zero-order valence-electron chi connectivity index (χ0n) is 15.1. The molecule has 0 bridgehead atoms. The first-order chi connectivity index (χ1) is 11.7. The lowest BCUT2D eigenvalue weighted by atomic mass is 9.99. The van der Waals surface area contributed by atoms with Gasteiger partial charge in [0.1, 0.15) is 0 Å². The van der Waals surface area contributed by atoms with Crippen LogP contribution in [0.2, 0.25) is 0 Å². The molecule has 1 fully saturated rings. The lowest BCUT2D eigenvalue weighted by Crippen LogP contribution is -2.29. The fraction of sp³-hybridized carbons (Fsp3) is 0.650. The highest BCUT2D eigenvalue weighted by Gasteiger charge is 2.18. The van der Waals surface area contributed by atoms with Gasteiger partial charge >= 0.3 is 0 Å². The summed E-state index contributed by atoms with van der Waals surface area (Å²) >= 11 is 1.74. The van der Waals surface area contributed by atoms with Crippen LogP contribution in [-0.2, 0) is 4.74 Å². The van der Waals surface area contributed by atoms with Gasteiger partial charge in [0.25, 0.3) is 5.91 Å². The first-order valence-corrected chi connectivity index (χ1v) is 10.3. The number of ether oxygens (including phenoxy) is 1. The largest absolute Gasteiger partial charge is 0.377 e. The number of unbranched alkanes of at least 4 members (excludes halogenated alkanes) is 1. The predicted octanol–water partition coefficient (Wildman–Crippen LogP) is 4.90. The number of thioether (sulfide) groups is 1. The second-order valence-electron chi connectivity index (χ2n) is 6.57. The maximum absolute atomic E-state index is 12.6.